The van der Waals surface area contributed by atoms with E-state index in [2.05, 4.69) is 56.6 Å². The van der Waals surface area contributed by atoms with Crippen LogP contribution in [0.2, 0.25) is 0 Å². The van der Waals surface area contributed by atoms with E-state index in [9.17, 15) is 0 Å². The Morgan fingerprint density at radius 3 is 2.84 bits per heavy atom. The van der Waals surface area contributed by atoms with Gasteiger partial charge in [0, 0.05) is 40.4 Å². The summed E-state index contributed by atoms with van der Waals surface area (Å²) in [6, 6.07) is 2.96. The fourth-order valence-electron chi connectivity index (χ4n) is 2.53. The zero-order chi connectivity index (χ0) is 13.7. The third-order valence-electron chi connectivity index (χ3n) is 3.87. The van der Waals surface area contributed by atoms with E-state index in [0.29, 0.717) is 0 Å². The van der Waals surface area contributed by atoms with Crippen LogP contribution < -0.4 is 5.32 Å². The molecule has 1 saturated heterocycles. The summed E-state index contributed by atoms with van der Waals surface area (Å²) >= 11 is 5.30. The standard InChI is InChI=1S/C14H24BrN3S/c1-17-6-3-13(4-7-17)18(2)8-5-16-10-14-9-12(15)11-19-14/h9,11,13,16H,3-8,10H2,1-2H3. The topological polar surface area (TPSA) is 18.5 Å². The highest BCUT2D eigenvalue weighted by Crippen LogP contribution is 2.19. The van der Waals surface area contributed by atoms with Crippen molar-refractivity contribution >= 4 is 27.3 Å². The Labute approximate surface area is 129 Å². The van der Waals surface area contributed by atoms with Crippen LogP contribution in [0.1, 0.15) is 17.7 Å². The summed E-state index contributed by atoms with van der Waals surface area (Å²) in [5.74, 6) is 0. The number of hydrogen-bond acceptors (Lipinski definition) is 4. The van der Waals surface area contributed by atoms with Crippen LogP contribution in [0.5, 0.6) is 0 Å². The molecule has 0 spiro atoms. The van der Waals surface area contributed by atoms with Gasteiger partial charge in [0.15, 0.2) is 0 Å². The molecular weight excluding hydrogens is 322 g/mol. The summed E-state index contributed by atoms with van der Waals surface area (Å²) < 4.78 is 1.19. The molecule has 0 unspecified atom stereocenters. The third-order valence-corrected chi connectivity index (χ3v) is 5.57. The maximum Gasteiger partial charge on any atom is 0.0300 e. The van der Waals surface area contributed by atoms with Gasteiger partial charge in [-0.3, -0.25) is 0 Å². The van der Waals surface area contributed by atoms with E-state index in [1.165, 1.54) is 35.3 Å². The quantitative estimate of drug-likeness (QED) is 0.799. The highest BCUT2D eigenvalue weighted by Gasteiger charge is 2.19. The average Bonchev–Trinajstić information content (AvgIpc) is 2.81. The smallest absolute Gasteiger partial charge is 0.0300 e. The molecule has 1 aromatic rings. The maximum atomic E-state index is 3.53. The zero-order valence-electron chi connectivity index (χ0n) is 11.9. The maximum absolute atomic E-state index is 3.53. The Balaban J connectivity index is 1.60. The predicted molar refractivity (Wildman–Crippen MR) is 86.9 cm³/mol. The summed E-state index contributed by atoms with van der Waals surface area (Å²) in [6.45, 7) is 5.67. The zero-order valence-corrected chi connectivity index (χ0v) is 14.3. The Bertz CT molecular complexity index is 375. The first-order chi connectivity index (χ1) is 9.15. The number of halogens is 1. The number of piperidine rings is 1. The van der Waals surface area contributed by atoms with Gasteiger partial charge in [0.2, 0.25) is 0 Å². The molecule has 0 aromatic carbocycles. The molecule has 2 rings (SSSR count). The lowest BCUT2D eigenvalue weighted by molar-refractivity contribution is 0.145. The van der Waals surface area contributed by atoms with E-state index in [0.717, 1.165) is 25.7 Å². The number of hydrogen-bond donors (Lipinski definition) is 1. The van der Waals surface area contributed by atoms with Crippen LogP contribution in [0, 0.1) is 0 Å². The highest BCUT2D eigenvalue weighted by molar-refractivity contribution is 9.10. The van der Waals surface area contributed by atoms with Crippen LogP contribution in [0.15, 0.2) is 15.9 Å². The number of rotatable bonds is 6. The van der Waals surface area contributed by atoms with Crippen LogP contribution in [0.3, 0.4) is 0 Å². The molecule has 1 aliphatic heterocycles. The lowest BCUT2D eigenvalue weighted by Gasteiger charge is -2.35. The van der Waals surface area contributed by atoms with Crippen molar-refractivity contribution in [2.45, 2.75) is 25.4 Å². The van der Waals surface area contributed by atoms with Crippen LogP contribution >= 0.6 is 27.3 Å². The van der Waals surface area contributed by atoms with Crippen LogP contribution in [0.4, 0.5) is 0 Å². The second-order valence-electron chi connectivity index (χ2n) is 5.42. The molecule has 0 saturated carbocycles. The third kappa shape index (κ3) is 5.16. The molecule has 0 aliphatic carbocycles. The molecule has 0 amide bonds. The molecule has 2 heterocycles. The van der Waals surface area contributed by atoms with Crippen LogP contribution in [-0.4, -0.2) is 56.1 Å². The van der Waals surface area contributed by atoms with Gasteiger partial charge in [-0.2, -0.15) is 0 Å². The van der Waals surface area contributed by atoms with Crippen LogP contribution in [-0.2, 0) is 6.54 Å². The Kier molecular flexibility index (Phi) is 6.29. The van der Waals surface area contributed by atoms with Crippen molar-refractivity contribution in [3.05, 3.63) is 20.8 Å². The molecule has 1 N–H and O–H groups in total. The van der Waals surface area contributed by atoms with Gasteiger partial charge in [-0.25, -0.2) is 0 Å². The van der Waals surface area contributed by atoms with Gasteiger partial charge in [-0.05, 0) is 62.0 Å². The van der Waals surface area contributed by atoms with Gasteiger partial charge >= 0.3 is 0 Å². The molecule has 0 radical (unpaired) electrons. The van der Waals surface area contributed by atoms with Gasteiger partial charge in [0.1, 0.15) is 0 Å². The van der Waals surface area contributed by atoms with Crippen molar-refractivity contribution in [2.24, 2.45) is 0 Å². The Morgan fingerprint density at radius 1 is 1.47 bits per heavy atom. The minimum absolute atomic E-state index is 0.772. The van der Waals surface area contributed by atoms with Crippen molar-refractivity contribution in [1.82, 2.24) is 15.1 Å². The molecule has 108 valence electrons. The van der Waals surface area contributed by atoms with Gasteiger partial charge in [-0.1, -0.05) is 0 Å². The largest absolute Gasteiger partial charge is 0.311 e. The number of thiophene rings is 1. The number of nitrogens with zero attached hydrogens (tertiary/aromatic N) is 2. The molecule has 0 atom stereocenters. The van der Waals surface area contributed by atoms with Crippen molar-refractivity contribution in [1.29, 1.82) is 0 Å². The highest BCUT2D eigenvalue weighted by atomic mass is 79.9. The lowest BCUT2D eigenvalue weighted by Crippen LogP contribution is -2.43. The van der Waals surface area contributed by atoms with E-state index in [-0.39, 0.29) is 0 Å². The van der Waals surface area contributed by atoms with Crippen LogP contribution in [0.25, 0.3) is 0 Å². The summed E-state index contributed by atoms with van der Waals surface area (Å²) in [5, 5.41) is 5.67. The molecule has 0 bridgehead atoms. The Morgan fingerprint density at radius 2 is 2.21 bits per heavy atom. The molecule has 5 heteroatoms. The second kappa shape index (κ2) is 7.74. The summed E-state index contributed by atoms with van der Waals surface area (Å²) in [5.41, 5.74) is 0. The minimum Gasteiger partial charge on any atom is -0.311 e. The van der Waals surface area contributed by atoms with Crippen molar-refractivity contribution in [3.63, 3.8) is 0 Å². The first kappa shape index (κ1) is 15.4. The Hall–Kier alpha value is 0.0600. The first-order valence-electron chi connectivity index (χ1n) is 6.97. The SMILES string of the molecule is CN1CCC(N(C)CCNCc2cc(Br)cs2)CC1. The predicted octanol–water partition coefficient (Wildman–Crippen LogP) is 2.63. The molecule has 1 aliphatic rings. The second-order valence-corrected chi connectivity index (χ2v) is 7.33. The monoisotopic (exact) mass is 345 g/mol. The fourth-order valence-corrected chi connectivity index (χ4v) is 3.95. The van der Waals surface area contributed by atoms with Crippen molar-refractivity contribution < 1.29 is 0 Å². The van der Waals surface area contributed by atoms with Gasteiger partial charge in [0.25, 0.3) is 0 Å². The number of nitrogens with one attached hydrogen (secondary N) is 1. The first-order valence-corrected chi connectivity index (χ1v) is 8.65. The van der Waals surface area contributed by atoms with E-state index in [1.54, 1.807) is 0 Å². The summed E-state index contributed by atoms with van der Waals surface area (Å²) in [4.78, 5) is 6.34. The van der Waals surface area contributed by atoms with E-state index in [4.69, 9.17) is 0 Å². The van der Waals surface area contributed by atoms with Gasteiger partial charge in [-0.15, -0.1) is 11.3 Å². The summed E-state index contributed by atoms with van der Waals surface area (Å²) in [6.07, 6.45) is 2.62. The van der Waals surface area contributed by atoms with Crippen molar-refractivity contribution in [3.8, 4) is 0 Å². The molecular formula is C14H24BrN3S. The normalized spacial score (nSPS) is 18.3. The molecule has 3 nitrogen and oxygen atoms in total. The van der Waals surface area contributed by atoms with E-state index < -0.39 is 0 Å². The molecule has 1 aromatic heterocycles. The van der Waals surface area contributed by atoms with Gasteiger partial charge in [0.05, 0.1) is 0 Å². The number of likely N-dealkylation sites (tertiary alicyclic amines) is 1. The lowest BCUT2D eigenvalue weighted by atomic mass is 10.0. The van der Waals surface area contributed by atoms with E-state index in [1.807, 2.05) is 11.3 Å². The van der Waals surface area contributed by atoms with Gasteiger partial charge < -0.3 is 15.1 Å². The molecule has 19 heavy (non-hydrogen) atoms. The summed E-state index contributed by atoms with van der Waals surface area (Å²) in [7, 11) is 4.48. The minimum atomic E-state index is 0.772. The molecule has 1 fully saturated rings. The van der Waals surface area contributed by atoms with E-state index >= 15 is 0 Å². The average molecular weight is 346 g/mol. The number of likely N-dealkylation sites (N-methyl/N-ethyl adjacent to an activating group) is 1. The van der Waals surface area contributed by atoms with Crippen molar-refractivity contribution in [2.75, 3.05) is 40.3 Å². The fraction of sp³-hybridized carbons (Fsp3) is 0.714.